The van der Waals surface area contributed by atoms with Crippen LogP contribution in [-0.4, -0.2) is 41.7 Å². The molecule has 1 heterocycles. The van der Waals surface area contributed by atoms with Crippen LogP contribution in [0, 0.1) is 5.92 Å². The number of thiocarbonyl (C=S) groups is 1. The first-order valence-corrected chi connectivity index (χ1v) is 8.07. The first-order valence-electron chi connectivity index (χ1n) is 7.66. The van der Waals surface area contributed by atoms with Crippen molar-refractivity contribution in [2.45, 2.75) is 63.6 Å². The summed E-state index contributed by atoms with van der Waals surface area (Å²) in [5, 5.41) is 0. The molecule has 0 aromatic heterocycles. The van der Waals surface area contributed by atoms with Crippen LogP contribution < -0.4 is 5.73 Å². The summed E-state index contributed by atoms with van der Waals surface area (Å²) in [6, 6.07) is 0. The Labute approximate surface area is 122 Å². The maximum atomic E-state index is 6.40. The molecule has 2 fully saturated rings. The highest BCUT2D eigenvalue weighted by atomic mass is 32.1. The summed E-state index contributed by atoms with van der Waals surface area (Å²) in [5.74, 6) is 0.282. The predicted molar refractivity (Wildman–Crippen MR) is 83.4 cm³/mol. The molecule has 1 spiro atoms. The second-order valence-corrected chi connectivity index (χ2v) is 7.02. The van der Waals surface area contributed by atoms with Crippen molar-refractivity contribution >= 4 is 17.2 Å². The Morgan fingerprint density at radius 2 is 2.05 bits per heavy atom. The van der Waals surface area contributed by atoms with Gasteiger partial charge in [0.05, 0.1) is 16.7 Å². The minimum absolute atomic E-state index is 0.235. The molecule has 0 aromatic rings. The number of rotatable bonds is 5. The number of likely N-dealkylation sites (N-methyl/N-ethyl adjacent to an activating group) is 1. The molecule has 1 aliphatic heterocycles. The van der Waals surface area contributed by atoms with Gasteiger partial charge in [0.25, 0.3) is 0 Å². The Morgan fingerprint density at radius 3 is 2.68 bits per heavy atom. The van der Waals surface area contributed by atoms with Gasteiger partial charge >= 0.3 is 0 Å². The van der Waals surface area contributed by atoms with Crippen molar-refractivity contribution in [3.8, 4) is 0 Å². The molecule has 3 nitrogen and oxygen atoms in total. The third-order valence-electron chi connectivity index (χ3n) is 4.69. The van der Waals surface area contributed by atoms with Crippen molar-refractivity contribution in [2.75, 3.05) is 20.1 Å². The Morgan fingerprint density at radius 1 is 1.37 bits per heavy atom. The zero-order valence-corrected chi connectivity index (χ0v) is 13.2. The van der Waals surface area contributed by atoms with Gasteiger partial charge in [0.2, 0.25) is 0 Å². The van der Waals surface area contributed by atoms with Crippen LogP contribution >= 0.6 is 12.2 Å². The van der Waals surface area contributed by atoms with E-state index in [9.17, 15) is 0 Å². The summed E-state index contributed by atoms with van der Waals surface area (Å²) >= 11 is 5.04. The van der Waals surface area contributed by atoms with Gasteiger partial charge in [-0.05, 0) is 32.7 Å². The molecule has 19 heavy (non-hydrogen) atoms. The number of hydrogen-bond acceptors (Lipinski definition) is 3. The summed E-state index contributed by atoms with van der Waals surface area (Å²) < 4.78 is 6.40. The van der Waals surface area contributed by atoms with Gasteiger partial charge in [-0.15, -0.1) is 0 Å². The first kappa shape index (κ1) is 15.2. The molecule has 0 aromatic carbocycles. The van der Waals surface area contributed by atoms with Crippen LogP contribution in [0.4, 0.5) is 0 Å². The van der Waals surface area contributed by atoms with Crippen LogP contribution in [-0.2, 0) is 4.74 Å². The number of nitrogens with two attached hydrogens (primary N) is 1. The van der Waals surface area contributed by atoms with Gasteiger partial charge in [0, 0.05) is 19.0 Å². The van der Waals surface area contributed by atoms with E-state index in [0.29, 0.717) is 11.1 Å². The molecular weight excluding hydrogens is 256 g/mol. The van der Waals surface area contributed by atoms with Crippen LogP contribution in [0.3, 0.4) is 0 Å². The third-order valence-corrected chi connectivity index (χ3v) is 5.09. The van der Waals surface area contributed by atoms with Gasteiger partial charge in [-0.2, -0.15) is 0 Å². The molecule has 2 rings (SSSR count). The highest BCUT2D eigenvalue weighted by Crippen LogP contribution is 2.41. The van der Waals surface area contributed by atoms with E-state index in [2.05, 4.69) is 18.9 Å². The highest BCUT2D eigenvalue weighted by molar-refractivity contribution is 7.80. The zero-order chi connectivity index (χ0) is 13.9. The van der Waals surface area contributed by atoms with E-state index in [1.807, 2.05) is 0 Å². The average molecular weight is 284 g/mol. The third kappa shape index (κ3) is 4.14. The summed E-state index contributed by atoms with van der Waals surface area (Å²) in [4.78, 5) is 2.93. The number of nitrogens with zero attached hydrogens (tertiary/aromatic N) is 1. The van der Waals surface area contributed by atoms with Gasteiger partial charge in [0.15, 0.2) is 0 Å². The first-order chi connectivity index (χ1) is 9.01. The summed E-state index contributed by atoms with van der Waals surface area (Å²) in [5.41, 5.74) is 5.91. The fraction of sp³-hybridized carbons (Fsp3) is 0.933. The highest BCUT2D eigenvalue weighted by Gasteiger charge is 2.40. The van der Waals surface area contributed by atoms with Crippen molar-refractivity contribution in [2.24, 2.45) is 11.7 Å². The number of ether oxygens (including phenoxy) is 1. The molecule has 2 atom stereocenters. The molecule has 2 N–H and O–H groups in total. The van der Waals surface area contributed by atoms with E-state index in [4.69, 9.17) is 22.7 Å². The van der Waals surface area contributed by atoms with Crippen molar-refractivity contribution < 1.29 is 4.74 Å². The lowest BCUT2D eigenvalue weighted by Gasteiger charge is -2.34. The Kier molecular flexibility index (Phi) is 5.21. The van der Waals surface area contributed by atoms with E-state index in [0.717, 1.165) is 13.1 Å². The maximum absolute atomic E-state index is 6.40. The minimum Gasteiger partial charge on any atom is -0.393 e. The normalized spacial score (nSPS) is 27.8. The van der Waals surface area contributed by atoms with Gasteiger partial charge < -0.3 is 15.4 Å². The van der Waals surface area contributed by atoms with E-state index < -0.39 is 0 Å². The van der Waals surface area contributed by atoms with Gasteiger partial charge in [-0.1, -0.05) is 38.4 Å². The molecule has 1 saturated heterocycles. The Hall–Kier alpha value is -0.190. The molecule has 110 valence electrons. The van der Waals surface area contributed by atoms with Crippen LogP contribution in [0.5, 0.6) is 0 Å². The van der Waals surface area contributed by atoms with Gasteiger partial charge in [0.1, 0.15) is 0 Å². The van der Waals surface area contributed by atoms with Crippen LogP contribution in [0.2, 0.25) is 0 Å². The van der Waals surface area contributed by atoms with Crippen LogP contribution in [0.1, 0.15) is 51.9 Å². The zero-order valence-electron chi connectivity index (χ0n) is 12.4. The molecule has 2 unspecified atom stereocenters. The van der Waals surface area contributed by atoms with E-state index >= 15 is 0 Å². The van der Waals surface area contributed by atoms with Crippen LogP contribution in [0.15, 0.2) is 0 Å². The van der Waals surface area contributed by atoms with E-state index in [1.165, 1.54) is 44.9 Å². The lowest BCUT2D eigenvalue weighted by molar-refractivity contribution is -0.0704. The van der Waals surface area contributed by atoms with Crippen LogP contribution in [0.25, 0.3) is 0 Å². The minimum atomic E-state index is 0.235. The smallest absolute Gasteiger partial charge is 0.0768 e. The molecule has 4 heteroatoms. The quantitative estimate of drug-likeness (QED) is 0.788. The molecule has 0 radical (unpaired) electrons. The fourth-order valence-corrected chi connectivity index (χ4v) is 3.64. The molecule has 0 bridgehead atoms. The fourth-order valence-electron chi connectivity index (χ4n) is 3.57. The maximum Gasteiger partial charge on any atom is 0.0768 e. The summed E-state index contributed by atoms with van der Waals surface area (Å²) in [7, 11) is 2.14. The number of hydrogen-bond donors (Lipinski definition) is 1. The second-order valence-electron chi connectivity index (χ2n) is 6.55. The Bertz CT molecular complexity index is 315. The van der Waals surface area contributed by atoms with E-state index in [-0.39, 0.29) is 11.5 Å². The topological polar surface area (TPSA) is 38.5 Å². The molecule has 2 aliphatic rings. The molecule has 0 amide bonds. The second kappa shape index (κ2) is 6.51. The largest absolute Gasteiger partial charge is 0.393 e. The molecule has 1 saturated carbocycles. The summed E-state index contributed by atoms with van der Waals surface area (Å²) in [6.07, 6.45) is 9.51. The summed E-state index contributed by atoms with van der Waals surface area (Å²) in [6.45, 7) is 4.04. The lowest BCUT2D eigenvalue weighted by atomic mass is 9.83. The van der Waals surface area contributed by atoms with Gasteiger partial charge in [-0.25, -0.2) is 0 Å². The van der Waals surface area contributed by atoms with Crippen molar-refractivity contribution in [3.05, 3.63) is 0 Å². The molecule has 1 aliphatic carbocycles. The molecular formula is C15H28N2OS. The van der Waals surface area contributed by atoms with Crippen molar-refractivity contribution in [3.63, 3.8) is 0 Å². The average Bonchev–Trinajstić information content (AvgIpc) is 2.72. The van der Waals surface area contributed by atoms with Crippen molar-refractivity contribution in [1.82, 2.24) is 4.90 Å². The predicted octanol–water partition coefficient (Wildman–Crippen LogP) is 2.72. The lowest BCUT2D eigenvalue weighted by Crippen LogP contribution is -2.38. The Balaban J connectivity index is 1.76. The standard InChI is InChI=1S/C15H28N2OS/c1-12(14(16)19)10-17(2)11-13-6-9-15(18-13)7-4-3-5-8-15/h12-13H,3-11H2,1-2H3,(H2,16,19). The SMILES string of the molecule is CC(CN(C)CC1CCC2(CCCCC2)O1)C(N)=S. The monoisotopic (exact) mass is 284 g/mol. The van der Waals surface area contributed by atoms with E-state index in [1.54, 1.807) is 0 Å². The van der Waals surface area contributed by atoms with Gasteiger partial charge in [-0.3, -0.25) is 0 Å². The van der Waals surface area contributed by atoms with Crippen molar-refractivity contribution in [1.29, 1.82) is 0 Å².